The third-order valence-electron chi connectivity index (χ3n) is 6.80. The highest BCUT2D eigenvalue weighted by atomic mass is 16.2. The van der Waals surface area contributed by atoms with E-state index >= 15 is 0 Å². The number of hydrogen-bond acceptors (Lipinski definition) is 5. The number of rotatable bonds is 14. The van der Waals surface area contributed by atoms with Crippen molar-refractivity contribution in [1.82, 2.24) is 15.1 Å². The summed E-state index contributed by atoms with van der Waals surface area (Å²) in [4.78, 5) is 53.1. The number of hydrogen-bond donors (Lipinski definition) is 1. The fourth-order valence-corrected chi connectivity index (χ4v) is 4.79. The molecule has 4 amide bonds. The second-order valence-electron chi connectivity index (χ2n) is 8.96. The molecule has 2 saturated heterocycles. The van der Waals surface area contributed by atoms with Gasteiger partial charge in [0.25, 0.3) is 0 Å². The molecule has 0 bridgehead atoms. The fraction of sp³-hybridized carbons (Fsp3) is 0.692. The van der Waals surface area contributed by atoms with E-state index in [1.165, 1.54) is 9.80 Å². The van der Waals surface area contributed by atoms with Crippen LogP contribution >= 0.6 is 0 Å². The van der Waals surface area contributed by atoms with E-state index in [-0.39, 0.29) is 60.1 Å². The van der Waals surface area contributed by atoms with Gasteiger partial charge in [-0.05, 0) is 37.5 Å². The first kappa shape index (κ1) is 27.0. The van der Waals surface area contributed by atoms with Crippen molar-refractivity contribution < 1.29 is 19.2 Å². The van der Waals surface area contributed by atoms with E-state index in [4.69, 9.17) is 0 Å². The minimum atomic E-state index is -0.268. The second kappa shape index (κ2) is 13.4. The smallest absolute Gasteiger partial charge is 0.233 e. The number of allylic oxidation sites excluding steroid dienone is 4. The van der Waals surface area contributed by atoms with Crippen LogP contribution in [-0.2, 0) is 19.2 Å². The zero-order chi connectivity index (χ0) is 24.4. The zero-order valence-electron chi connectivity index (χ0n) is 20.7. The van der Waals surface area contributed by atoms with Crippen LogP contribution in [0.4, 0.5) is 0 Å². The van der Waals surface area contributed by atoms with Crippen molar-refractivity contribution >= 4 is 23.6 Å². The summed E-state index contributed by atoms with van der Waals surface area (Å²) < 4.78 is 0. The molecule has 0 spiro atoms. The summed E-state index contributed by atoms with van der Waals surface area (Å²) >= 11 is 0. The molecule has 2 rings (SSSR count). The monoisotopic (exact) mass is 459 g/mol. The van der Waals surface area contributed by atoms with Gasteiger partial charge in [-0.2, -0.15) is 0 Å². The maximum absolute atomic E-state index is 12.8. The van der Waals surface area contributed by atoms with Gasteiger partial charge in [-0.3, -0.25) is 29.0 Å². The van der Waals surface area contributed by atoms with E-state index in [9.17, 15) is 19.2 Å². The van der Waals surface area contributed by atoms with Crippen LogP contribution in [0.25, 0.3) is 0 Å². The number of imide groups is 2. The normalized spacial score (nSPS) is 23.6. The molecule has 2 aliphatic heterocycles. The molecule has 0 aromatic heterocycles. The van der Waals surface area contributed by atoms with E-state index in [0.29, 0.717) is 26.2 Å². The van der Waals surface area contributed by atoms with Crippen molar-refractivity contribution in [3.8, 4) is 0 Å². The average Bonchev–Trinajstić information content (AvgIpc) is 3.24. The molecular weight excluding hydrogens is 418 g/mol. The van der Waals surface area contributed by atoms with Crippen molar-refractivity contribution in [3.63, 3.8) is 0 Å². The lowest BCUT2D eigenvalue weighted by Crippen LogP contribution is -2.41. The Balaban J connectivity index is 1.80. The molecular formula is C26H41N3O4. The van der Waals surface area contributed by atoms with Gasteiger partial charge in [0, 0.05) is 39.0 Å². The number of carbonyl (C=O) groups excluding carboxylic acids is 4. The van der Waals surface area contributed by atoms with Gasteiger partial charge in [0.1, 0.15) is 0 Å². The Morgan fingerprint density at radius 1 is 0.758 bits per heavy atom. The molecule has 0 aromatic rings. The number of carbonyl (C=O) groups is 4. The van der Waals surface area contributed by atoms with E-state index in [1.807, 2.05) is 13.8 Å². The zero-order valence-corrected chi connectivity index (χ0v) is 20.7. The van der Waals surface area contributed by atoms with Gasteiger partial charge >= 0.3 is 0 Å². The Morgan fingerprint density at radius 3 is 1.48 bits per heavy atom. The first-order valence-electron chi connectivity index (χ1n) is 12.6. The predicted molar refractivity (Wildman–Crippen MR) is 129 cm³/mol. The lowest BCUT2D eigenvalue weighted by atomic mass is 9.88. The molecule has 184 valence electrons. The van der Waals surface area contributed by atoms with Gasteiger partial charge in [-0.15, -0.1) is 0 Å². The number of nitrogens with zero attached hydrogens (tertiary/aromatic N) is 2. The Bertz CT molecular complexity index is 699. The molecule has 2 aliphatic rings. The van der Waals surface area contributed by atoms with Gasteiger partial charge < -0.3 is 5.32 Å². The summed E-state index contributed by atoms with van der Waals surface area (Å²) in [5.41, 5.74) is 0. The highest BCUT2D eigenvalue weighted by molar-refractivity contribution is 6.04. The molecule has 1 N–H and O–H groups in total. The highest BCUT2D eigenvalue weighted by Gasteiger charge is 2.42. The predicted octanol–water partition coefficient (Wildman–Crippen LogP) is 3.31. The van der Waals surface area contributed by atoms with Crippen molar-refractivity contribution in [2.24, 2.45) is 23.7 Å². The van der Waals surface area contributed by atoms with Gasteiger partial charge in [0.15, 0.2) is 0 Å². The lowest BCUT2D eigenvalue weighted by molar-refractivity contribution is -0.140. The maximum Gasteiger partial charge on any atom is 0.233 e. The minimum Gasteiger partial charge on any atom is -0.313 e. The summed E-state index contributed by atoms with van der Waals surface area (Å²) in [6.07, 6.45) is 12.3. The largest absolute Gasteiger partial charge is 0.313 e. The molecule has 0 saturated carbocycles. The molecule has 0 radical (unpaired) electrons. The lowest BCUT2D eigenvalue weighted by Gasteiger charge is -2.20. The fourth-order valence-electron chi connectivity index (χ4n) is 4.79. The van der Waals surface area contributed by atoms with E-state index in [2.05, 4.69) is 43.5 Å². The van der Waals surface area contributed by atoms with Crippen LogP contribution in [-0.4, -0.2) is 59.6 Å². The van der Waals surface area contributed by atoms with Crippen LogP contribution in [0.3, 0.4) is 0 Å². The Labute approximate surface area is 198 Å². The van der Waals surface area contributed by atoms with Crippen LogP contribution in [0, 0.1) is 23.7 Å². The van der Waals surface area contributed by atoms with Crippen LogP contribution in [0.1, 0.15) is 66.2 Å². The molecule has 33 heavy (non-hydrogen) atoms. The number of amides is 4. The van der Waals surface area contributed by atoms with E-state index < -0.39 is 0 Å². The molecule has 0 aromatic carbocycles. The Kier molecular flexibility index (Phi) is 11.0. The maximum atomic E-state index is 12.8. The Morgan fingerprint density at radius 2 is 1.15 bits per heavy atom. The third-order valence-corrected chi connectivity index (χ3v) is 6.80. The van der Waals surface area contributed by atoms with Crippen molar-refractivity contribution in [2.75, 3.05) is 26.2 Å². The molecule has 0 aliphatic carbocycles. The molecule has 7 heteroatoms. The number of nitrogens with one attached hydrogen (secondary N) is 1. The quantitative estimate of drug-likeness (QED) is 0.245. The van der Waals surface area contributed by atoms with Crippen molar-refractivity contribution in [1.29, 1.82) is 0 Å². The van der Waals surface area contributed by atoms with Crippen molar-refractivity contribution in [3.05, 3.63) is 24.3 Å². The van der Waals surface area contributed by atoms with Crippen LogP contribution < -0.4 is 5.32 Å². The summed E-state index contributed by atoms with van der Waals surface area (Å²) in [5, 5.41) is 3.19. The molecule has 2 heterocycles. The average molecular weight is 460 g/mol. The standard InChI is InChI=1S/C26H41N3O4/c1-5-9-11-19(7-3)21-17-23(30)28(25(21)32)15-13-27-14-16-29-24(31)18-22(26(29)33)20(8-4)12-10-6-2/h9-12,19-22,27H,5-8,13-18H2,1-4H3/b11-9+,12-10?. The first-order chi connectivity index (χ1) is 15.9. The first-order valence-corrected chi connectivity index (χ1v) is 12.6. The summed E-state index contributed by atoms with van der Waals surface area (Å²) in [7, 11) is 0. The van der Waals surface area contributed by atoms with Crippen molar-refractivity contribution in [2.45, 2.75) is 66.2 Å². The van der Waals surface area contributed by atoms with Gasteiger partial charge in [0.2, 0.25) is 23.6 Å². The summed E-state index contributed by atoms with van der Waals surface area (Å²) in [5.74, 6) is -0.758. The van der Waals surface area contributed by atoms with Crippen LogP contribution in [0.15, 0.2) is 24.3 Å². The van der Waals surface area contributed by atoms with E-state index in [0.717, 1.165) is 25.7 Å². The minimum absolute atomic E-state index is 0.0899. The van der Waals surface area contributed by atoms with Crippen LogP contribution in [0.2, 0.25) is 0 Å². The third kappa shape index (κ3) is 6.85. The van der Waals surface area contributed by atoms with Gasteiger partial charge in [-0.1, -0.05) is 52.0 Å². The summed E-state index contributed by atoms with van der Waals surface area (Å²) in [6, 6.07) is 0. The van der Waals surface area contributed by atoms with Gasteiger partial charge in [0.05, 0.1) is 11.8 Å². The molecule has 7 nitrogen and oxygen atoms in total. The molecule has 4 unspecified atom stereocenters. The topological polar surface area (TPSA) is 86.8 Å². The number of likely N-dealkylation sites (tertiary alicyclic amines) is 2. The molecule has 2 fully saturated rings. The Hall–Kier alpha value is -2.28. The van der Waals surface area contributed by atoms with E-state index in [1.54, 1.807) is 0 Å². The highest BCUT2D eigenvalue weighted by Crippen LogP contribution is 2.31. The van der Waals surface area contributed by atoms with Crippen LogP contribution in [0.5, 0.6) is 0 Å². The SMILES string of the molecule is CCC=CC(CC)C1CC(=O)N(CCNCCN2C(=O)CC(C(/C=C/CC)CC)C2=O)C1=O. The van der Waals surface area contributed by atoms with Gasteiger partial charge in [-0.25, -0.2) is 0 Å². The molecule has 4 atom stereocenters. The summed E-state index contributed by atoms with van der Waals surface area (Å²) in [6.45, 7) is 9.71. The second-order valence-corrected chi connectivity index (χ2v) is 8.96.